The second kappa shape index (κ2) is 5.13. The van der Waals surface area contributed by atoms with E-state index in [-0.39, 0.29) is 0 Å². The second-order valence-corrected chi connectivity index (χ2v) is 2.63. The predicted octanol–water partition coefficient (Wildman–Crippen LogP) is 2.24. The van der Waals surface area contributed by atoms with Crippen LogP contribution in [0.15, 0.2) is 35.9 Å². The number of nitrogens with zero attached hydrogens (tertiary/aromatic N) is 1. The summed E-state index contributed by atoms with van der Waals surface area (Å²) in [7, 11) is 1.58. The Labute approximate surface area is 78.1 Å². The summed E-state index contributed by atoms with van der Waals surface area (Å²) in [6.07, 6.45) is 1.82. The molecule has 0 amide bonds. The third kappa shape index (κ3) is 3.10. The van der Waals surface area contributed by atoms with Gasteiger partial charge in [0.25, 0.3) is 0 Å². The third-order valence-corrected chi connectivity index (χ3v) is 1.58. The molecule has 0 atom stereocenters. The molecule has 0 N–H and O–H groups in total. The molecule has 1 aromatic carbocycles. The van der Waals surface area contributed by atoms with Crippen molar-refractivity contribution in [1.29, 1.82) is 5.26 Å². The van der Waals surface area contributed by atoms with E-state index in [0.29, 0.717) is 12.2 Å². The van der Waals surface area contributed by atoms with E-state index in [0.717, 1.165) is 5.56 Å². The zero-order chi connectivity index (χ0) is 9.52. The molecule has 0 fully saturated rings. The molecular weight excluding hydrogens is 162 g/mol. The van der Waals surface area contributed by atoms with Gasteiger partial charge in [-0.1, -0.05) is 30.3 Å². The molecule has 0 saturated carbocycles. The Morgan fingerprint density at radius 1 is 1.46 bits per heavy atom. The van der Waals surface area contributed by atoms with Gasteiger partial charge in [-0.25, -0.2) is 0 Å². The van der Waals surface area contributed by atoms with Crippen LogP contribution in [0.2, 0.25) is 0 Å². The Morgan fingerprint density at radius 2 is 2.15 bits per heavy atom. The monoisotopic (exact) mass is 173 g/mol. The summed E-state index contributed by atoms with van der Waals surface area (Å²) < 4.78 is 4.88. The number of ether oxygens (including phenoxy) is 1. The molecule has 2 nitrogen and oxygen atoms in total. The highest BCUT2D eigenvalue weighted by Gasteiger charge is 1.93. The number of methoxy groups -OCH3 is 1. The molecule has 0 spiro atoms. The lowest BCUT2D eigenvalue weighted by molar-refractivity contribution is 0.229. The first-order chi connectivity index (χ1) is 6.36. The smallest absolute Gasteiger partial charge is 0.0971 e. The first-order valence-electron chi connectivity index (χ1n) is 4.01. The predicted molar refractivity (Wildman–Crippen MR) is 51.9 cm³/mol. The van der Waals surface area contributed by atoms with Crippen LogP contribution in [-0.2, 0) is 4.74 Å². The van der Waals surface area contributed by atoms with Gasteiger partial charge in [0, 0.05) is 7.11 Å². The van der Waals surface area contributed by atoms with Crippen LogP contribution in [0.25, 0.3) is 6.08 Å². The standard InChI is InChI=1S/C11H11NO/c1-13-9-11(8-12)7-10-5-3-2-4-6-10/h2-7H,9H2,1H3/b11-7-. The fourth-order valence-electron chi connectivity index (χ4n) is 1.01. The zero-order valence-corrected chi connectivity index (χ0v) is 7.53. The van der Waals surface area contributed by atoms with Crippen molar-refractivity contribution in [2.75, 3.05) is 13.7 Å². The maximum atomic E-state index is 8.72. The van der Waals surface area contributed by atoms with Crippen LogP contribution in [-0.4, -0.2) is 13.7 Å². The van der Waals surface area contributed by atoms with Gasteiger partial charge in [0.15, 0.2) is 0 Å². The average Bonchev–Trinajstić information content (AvgIpc) is 2.19. The van der Waals surface area contributed by atoms with Gasteiger partial charge in [-0.05, 0) is 11.6 Å². The fraction of sp³-hybridized carbons (Fsp3) is 0.182. The first-order valence-corrected chi connectivity index (χ1v) is 4.01. The van der Waals surface area contributed by atoms with Crippen molar-refractivity contribution < 1.29 is 4.74 Å². The average molecular weight is 173 g/mol. The highest BCUT2D eigenvalue weighted by Crippen LogP contribution is 2.05. The Bertz CT molecular complexity index is 322. The van der Waals surface area contributed by atoms with Crippen molar-refractivity contribution in [3.63, 3.8) is 0 Å². The van der Waals surface area contributed by atoms with E-state index in [9.17, 15) is 0 Å². The molecule has 0 aliphatic heterocycles. The van der Waals surface area contributed by atoms with Crippen molar-refractivity contribution in [2.24, 2.45) is 0 Å². The maximum Gasteiger partial charge on any atom is 0.0971 e. The van der Waals surface area contributed by atoms with Crippen molar-refractivity contribution in [1.82, 2.24) is 0 Å². The quantitative estimate of drug-likeness (QED) is 0.657. The summed E-state index contributed by atoms with van der Waals surface area (Å²) in [5.74, 6) is 0. The number of benzene rings is 1. The van der Waals surface area contributed by atoms with Crippen LogP contribution in [0.3, 0.4) is 0 Å². The normalized spacial score (nSPS) is 10.9. The van der Waals surface area contributed by atoms with Gasteiger partial charge in [0.05, 0.1) is 18.2 Å². The number of hydrogen-bond donors (Lipinski definition) is 0. The molecule has 1 aromatic rings. The molecule has 13 heavy (non-hydrogen) atoms. The summed E-state index contributed by atoms with van der Waals surface area (Å²) in [5, 5.41) is 8.72. The molecule has 0 unspecified atom stereocenters. The topological polar surface area (TPSA) is 33.0 Å². The van der Waals surface area contributed by atoms with E-state index in [4.69, 9.17) is 10.00 Å². The van der Waals surface area contributed by atoms with Gasteiger partial charge in [-0.2, -0.15) is 5.26 Å². The van der Waals surface area contributed by atoms with E-state index in [1.54, 1.807) is 7.11 Å². The Balaban J connectivity index is 2.81. The van der Waals surface area contributed by atoms with Gasteiger partial charge in [-0.3, -0.25) is 0 Å². The van der Waals surface area contributed by atoms with Gasteiger partial charge >= 0.3 is 0 Å². The van der Waals surface area contributed by atoms with Crippen LogP contribution in [0.1, 0.15) is 5.56 Å². The van der Waals surface area contributed by atoms with E-state index in [2.05, 4.69) is 6.07 Å². The molecule has 0 radical (unpaired) electrons. The molecule has 2 heteroatoms. The van der Waals surface area contributed by atoms with Crippen LogP contribution >= 0.6 is 0 Å². The first kappa shape index (κ1) is 9.50. The van der Waals surface area contributed by atoms with Gasteiger partial charge in [0.1, 0.15) is 0 Å². The van der Waals surface area contributed by atoms with Crippen LogP contribution in [0.4, 0.5) is 0 Å². The SMILES string of the molecule is COC/C(C#N)=C\c1ccccc1. The molecule has 1 rings (SSSR count). The van der Waals surface area contributed by atoms with Crippen molar-refractivity contribution >= 4 is 6.08 Å². The van der Waals surface area contributed by atoms with Crippen molar-refractivity contribution in [3.05, 3.63) is 41.5 Å². The van der Waals surface area contributed by atoms with E-state index in [1.807, 2.05) is 36.4 Å². The van der Waals surface area contributed by atoms with Crippen molar-refractivity contribution in [3.8, 4) is 6.07 Å². The number of hydrogen-bond acceptors (Lipinski definition) is 2. The molecule has 0 aliphatic rings. The molecule has 0 saturated heterocycles. The second-order valence-electron chi connectivity index (χ2n) is 2.63. The molecule has 66 valence electrons. The van der Waals surface area contributed by atoms with Crippen LogP contribution in [0, 0.1) is 11.3 Å². The Kier molecular flexibility index (Phi) is 3.74. The summed E-state index contributed by atoms with van der Waals surface area (Å²) in [6.45, 7) is 0.366. The summed E-state index contributed by atoms with van der Waals surface area (Å²) >= 11 is 0. The lowest BCUT2D eigenvalue weighted by atomic mass is 10.1. The maximum absolute atomic E-state index is 8.72. The molecule has 0 aliphatic carbocycles. The summed E-state index contributed by atoms with van der Waals surface area (Å²) in [4.78, 5) is 0. The minimum Gasteiger partial charge on any atom is -0.379 e. The number of nitriles is 1. The number of rotatable bonds is 3. The van der Waals surface area contributed by atoms with E-state index < -0.39 is 0 Å². The lowest BCUT2D eigenvalue weighted by Gasteiger charge is -1.96. The minimum atomic E-state index is 0.366. The highest BCUT2D eigenvalue weighted by atomic mass is 16.5. The Morgan fingerprint density at radius 3 is 2.69 bits per heavy atom. The van der Waals surface area contributed by atoms with Crippen molar-refractivity contribution in [2.45, 2.75) is 0 Å². The fourth-order valence-corrected chi connectivity index (χ4v) is 1.01. The van der Waals surface area contributed by atoms with Gasteiger partial charge in [-0.15, -0.1) is 0 Å². The lowest BCUT2D eigenvalue weighted by Crippen LogP contribution is -1.90. The van der Waals surface area contributed by atoms with E-state index in [1.165, 1.54) is 0 Å². The molecular formula is C11H11NO. The van der Waals surface area contributed by atoms with Gasteiger partial charge < -0.3 is 4.74 Å². The third-order valence-electron chi connectivity index (χ3n) is 1.58. The summed E-state index contributed by atoms with van der Waals surface area (Å²) in [6, 6.07) is 11.8. The highest BCUT2D eigenvalue weighted by molar-refractivity contribution is 5.56. The molecule has 0 aromatic heterocycles. The molecule has 0 bridgehead atoms. The largest absolute Gasteiger partial charge is 0.379 e. The zero-order valence-electron chi connectivity index (χ0n) is 7.53. The minimum absolute atomic E-state index is 0.366. The van der Waals surface area contributed by atoms with Crippen LogP contribution < -0.4 is 0 Å². The molecule has 0 heterocycles. The van der Waals surface area contributed by atoms with Gasteiger partial charge in [0.2, 0.25) is 0 Å². The Hall–Kier alpha value is -1.59. The summed E-state index contributed by atoms with van der Waals surface area (Å²) in [5.41, 5.74) is 1.66. The van der Waals surface area contributed by atoms with E-state index >= 15 is 0 Å². The van der Waals surface area contributed by atoms with Crippen LogP contribution in [0.5, 0.6) is 0 Å².